The second-order valence-electron chi connectivity index (χ2n) is 10.4. The van der Waals surface area contributed by atoms with Crippen molar-refractivity contribution in [2.75, 3.05) is 0 Å². The molecule has 162 valence electrons. The van der Waals surface area contributed by atoms with Crippen LogP contribution in [-0.2, 0) is 14.4 Å². The first-order valence-electron chi connectivity index (χ1n) is 11.2. The van der Waals surface area contributed by atoms with Crippen molar-refractivity contribution >= 4 is 18.0 Å². The average molecular weight is 406 g/mol. The average Bonchev–Trinajstić information content (AvgIpc) is 3.05. The zero-order chi connectivity index (χ0) is 21.4. The van der Waals surface area contributed by atoms with Crippen LogP contribution < -0.4 is 0 Å². The third kappa shape index (κ3) is 3.85. The molecule has 3 fully saturated rings. The van der Waals surface area contributed by atoms with Crippen LogP contribution in [0.4, 0.5) is 0 Å². The molecule has 1 N–H and O–H groups in total. The Balaban J connectivity index is 1.78. The summed E-state index contributed by atoms with van der Waals surface area (Å²) in [5, 5.41) is 12.4. The van der Waals surface area contributed by atoms with E-state index in [0.29, 0.717) is 31.1 Å². The fourth-order valence-corrected chi connectivity index (χ4v) is 7.25. The first-order chi connectivity index (χ1) is 13.7. The fourth-order valence-electron chi connectivity index (χ4n) is 7.25. The molecular formula is C23H35NO5. The van der Waals surface area contributed by atoms with E-state index in [1.165, 1.54) is 0 Å². The first kappa shape index (κ1) is 22.3. The van der Waals surface area contributed by atoms with Crippen LogP contribution in [0.25, 0.3) is 0 Å². The highest BCUT2D eigenvalue weighted by molar-refractivity contribution is 5.86. The number of rotatable bonds is 6. The van der Waals surface area contributed by atoms with E-state index in [9.17, 15) is 24.4 Å². The lowest BCUT2D eigenvalue weighted by molar-refractivity contribution is -0.147. The van der Waals surface area contributed by atoms with Crippen LogP contribution in [0.2, 0.25) is 0 Å². The molecule has 6 nitrogen and oxygen atoms in total. The molecule has 0 saturated heterocycles. The molecular weight excluding hydrogens is 370 g/mol. The number of hydrogen-bond acceptors (Lipinski definition) is 5. The van der Waals surface area contributed by atoms with Gasteiger partial charge in [0.1, 0.15) is 12.1 Å². The van der Waals surface area contributed by atoms with Crippen LogP contribution in [0.15, 0.2) is 5.18 Å². The second kappa shape index (κ2) is 8.37. The van der Waals surface area contributed by atoms with E-state index in [1.54, 1.807) is 0 Å². The Morgan fingerprint density at radius 2 is 1.93 bits per heavy atom. The summed E-state index contributed by atoms with van der Waals surface area (Å²) in [5.41, 5.74) is -0.495. The molecule has 0 aliphatic heterocycles. The number of aldehydes is 1. The molecule has 0 spiro atoms. The van der Waals surface area contributed by atoms with Gasteiger partial charge < -0.3 is 9.90 Å². The highest BCUT2D eigenvalue weighted by Gasteiger charge is 2.59. The van der Waals surface area contributed by atoms with E-state index in [2.05, 4.69) is 19.0 Å². The highest BCUT2D eigenvalue weighted by atomic mass is 16.3. The number of nitrogens with zero attached hydrogens (tertiary/aromatic N) is 1. The van der Waals surface area contributed by atoms with Crippen molar-refractivity contribution in [1.29, 1.82) is 0 Å². The molecule has 0 bridgehead atoms. The Morgan fingerprint density at radius 1 is 1.21 bits per heavy atom. The number of carbonyl (C=O) groups excluding carboxylic acids is 3. The molecule has 0 heterocycles. The Kier molecular flexibility index (Phi) is 6.42. The lowest BCUT2D eigenvalue weighted by Crippen LogP contribution is -2.52. The van der Waals surface area contributed by atoms with E-state index in [0.717, 1.165) is 32.0 Å². The molecule has 1 amide bonds. The van der Waals surface area contributed by atoms with Gasteiger partial charge in [0.25, 0.3) is 5.91 Å². The van der Waals surface area contributed by atoms with Crippen molar-refractivity contribution in [1.82, 2.24) is 0 Å². The summed E-state index contributed by atoms with van der Waals surface area (Å²) in [6.45, 7) is 6.44. The van der Waals surface area contributed by atoms with Gasteiger partial charge in [-0.25, -0.2) is 0 Å². The Hall–Kier alpha value is -1.43. The monoisotopic (exact) mass is 405 g/mol. The van der Waals surface area contributed by atoms with Gasteiger partial charge in [-0.05, 0) is 74.0 Å². The molecule has 3 unspecified atom stereocenters. The SMILES string of the molecule is C[C@H](CCC(=O)N=O)[C@H]1CCC2C(C=O)C([C@@]3(C)CC[C@H](O)CC3=O)CC[C@@]21C. The number of hydrogen-bond donors (Lipinski definition) is 1. The van der Waals surface area contributed by atoms with Gasteiger partial charge in [0.2, 0.25) is 0 Å². The van der Waals surface area contributed by atoms with Gasteiger partial charge in [-0.15, -0.1) is 4.91 Å². The molecule has 0 aromatic heterocycles. The Bertz CT molecular complexity index is 678. The standard InChI is InChI=1S/C23H35NO5/c1-14(4-7-21(28)24-29)17-5-6-18-16(13-25)19(9-11-22(17,18)2)23(3)10-8-15(26)12-20(23)27/h13-19,26H,4-12H2,1-3H3/t14-,15+,16?,17-,18?,19?,22-,23-/m1/s1. The van der Waals surface area contributed by atoms with E-state index in [1.807, 2.05) is 6.92 Å². The first-order valence-corrected chi connectivity index (χ1v) is 11.2. The van der Waals surface area contributed by atoms with Crippen molar-refractivity contribution < 1.29 is 19.5 Å². The minimum Gasteiger partial charge on any atom is -0.393 e. The van der Waals surface area contributed by atoms with Crippen molar-refractivity contribution in [3.8, 4) is 0 Å². The van der Waals surface area contributed by atoms with Crippen molar-refractivity contribution in [2.45, 2.75) is 84.7 Å². The number of aliphatic hydroxyl groups excluding tert-OH is 1. The largest absolute Gasteiger partial charge is 0.393 e. The highest BCUT2D eigenvalue weighted by Crippen LogP contribution is 2.63. The van der Waals surface area contributed by atoms with Crippen molar-refractivity contribution in [3.05, 3.63) is 4.91 Å². The number of ketones is 1. The predicted molar refractivity (Wildman–Crippen MR) is 109 cm³/mol. The van der Waals surface area contributed by atoms with Crippen LogP contribution in [-0.4, -0.2) is 29.2 Å². The van der Waals surface area contributed by atoms with E-state index in [-0.39, 0.29) is 41.8 Å². The minimum atomic E-state index is -0.586. The Labute approximate surface area is 173 Å². The smallest absolute Gasteiger partial charge is 0.286 e. The van der Waals surface area contributed by atoms with Gasteiger partial charge in [0.05, 0.1) is 6.10 Å². The molecule has 3 aliphatic rings. The molecule has 29 heavy (non-hydrogen) atoms. The third-order valence-electron chi connectivity index (χ3n) is 9.04. The van der Waals surface area contributed by atoms with Crippen LogP contribution >= 0.6 is 0 Å². The molecule has 3 rings (SSSR count). The minimum absolute atomic E-state index is 0.0206. The molecule has 0 radical (unpaired) electrons. The van der Waals surface area contributed by atoms with Gasteiger partial charge in [-0.1, -0.05) is 20.8 Å². The van der Waals surface area contributed by atoms with Gasteiger partial charge in [-0.3, -0.25) is 9.59 Å². The van der Waals surface area contributed by atoms with Crippen LogP contribution in [0.1, 0.15) is 78.6 Å². The molecule has 6 heteroatoms. The maximum Gasteiger partial charge on any atom is 0.286 e. The van der Waals surface area contributed by atoms with Gasteiger partial charge >= 0.3 is 0 Å². The van der Waals surface area contributed by atoms with E-state index >= 15 is 0 Å². The zero-order valence-corrected chi connectivity index (χ0v) is 17.9. The predicted octanol–water partition coefficient (Wildman–Crippen LogP) is 4.07. The van der Waals surface area contributed by atoms with Crippen LogP contribution in [0.3, 0.4) is 0 Å². The number of fused-ring (bicyclic) bond motifs is 1. The summed E-state index contributed by atoms with van der Waals surface area (Å²) in [6.07, 6.45) is 6.72. The molecule has 0 aromatic carbocycles. The maximum absolute atomic E-state index is 12.9. The quantitative estimate of drug-likeness (QED) is 0.530. The van der Waals surface area contributed by atoms with Crippen molar-refractivity contribution in [3.63, 3.8) is 0 Å². The molecule has 3 saturated carbocycles. The molecule has 0 aromatic rings. The molecule has 8 atom stereocenters. The van der Waals surface area contributed by atoms with Crippen LogP contribution in [0, 0.1) is 45.3 Å². The van der Waals surface area contributed by atoms with Gasteiger partial charge in [-0.2, -0.15) is 0 Å². The van der Waals surface area contributed by atoms with Gasteiger partial charge in [0.15, 0.2) is 0 Å². The summed E-state index contributed by atoms with van der Waals surface area (Å²) < 4.78 is 0. The van der Waals surface area contributed by atoms with Crippen LogP contribution in [0.5, 0.6) is 0 Å². The zero-order valence-electron chi connectivity index (χ0n) is 17.9. The third-order valence-corrected chi connectivity index (χ3v) is 9.04. The fraction of sp³-hybridized carbons (Fsp3) is 0.870. The topological polar surface area (TPSA) is 101 Å². The number of nitroso groups, excluding NO2 is 1. The summed E-state index contributed by atoms with van der Waals surface area (Å²) >= 11 is 0. The number of Topliss-reactive ketones (excluding diaryl/α,β-unsaturated/α-hetero) is 1. The van der Waals surface area contributed by atoms with E-state index in [4.69, 9.17) is 0 Å². The second-order valence-corrected chi connectivity index (χ2v) is 10.4. The normalized spacial score (nSPS) is 43.4. The number of carbonyl (C=O) groups is 3. The lowest BCUT2D eigenvalue weighted by Gasteiger charge is -2.53. The summed E-state index contributed by atoms with van der Waals surface area (Å²) in [5.74, 6) is 0.397. The van der Waals surface area contributed by atoms with Gasteiger partial charge in [0, 0.05) is 29.4 Å². The summed E-state index contributed by atoms with van der Waals surface area (Å²) in [7, 11) is 0. The Morgan fingerprint density at radius 3 is 2.55 bits per heavy atom. The lowest BCUT2D eigenvalue weighted by atomic mass is 9.50. The summed E-state index contributed by atoms with van der Waals surface area (Å²) in [4.78, 5) is 46.9. The number of amides is 1. The molecule has 3 aliphatic carbocycles. The van der Waals surface area contributed by atoms with Crippen molar-refractivity contribution in [2.24, 2.45) is 45.6 Å². The maximum atomic E-state index is 12.9. The van der Waals surface area contributed by atoms with E-state index < -0.39 is 17.4 Å². The number of aliphatic hydroxyl groups is 1. The summed E-state index contributed by atoms with van der Waals surface area (Å²) in [6, 6.07) is 0.